The molecule has 2 bridgehead atoms. The van der Waals surface area contributed by atoms with Crippen LogP contribution in [0.2, 0.25) is 0 Å². The van der Waals surface area contributed by atoms with Gasteiger partial charge in [-0.05, 0) is 49.4 Å². The van der Waals surface area contributed by atoms with Gasteiger partial charge < -0.3 is 9.47 Å². The maximum absolute atomic E-state index is 13.1. The highest BCUT2D eigenvalue weighted by atomic mass is 16.6. The van der Waals surface area contributed by atoms with E-state index in [1.807, 2.05) is 19.1 Å². The highest BCUT2D eigenvalue weighted by Crippen LogP contribution is 2.67. The van der Waals surface area contributed by atoms with E-state index in [1.165, 1.54) is 0 Å². The number of esters is 2. The largest absolute Gasteiger partial charge is 0.454 e. The minimum absolute atomic E-state index is 0.133. The summed E-state index contributed by atoms with van der Waals surface area (Å²) in [6.45, 7) is 4.15. The van der Waals surface area contributed by atoms with Crippen molar-refractivity contribution in [2.75, 3.05) is 0 Å². The van der Waals surface area contributed by atoms with Gasteiger partial charge in [-0.1, -0.05) is 50.2 Å². The van der Waals surface area contributed by atoms with E-state index >= 15 is 0 Å². The van der Waals surface area contributed by atoms with E-state index in [-0.39, 0.29) is 17.6 Å². The second-order valence-electron chi connectivity index (χ2n) is 9.98. The number of hydrogen-bond donors (Lipinski definition) is 0. The molecule has 5 nitrogen and oxygen atoms in total. The molecular weight excluding hydrogens is 404 g/mol. The van der Waals surface area contributed by atoms with Crippen LogP contribution in [0.4, 0.5) is 0 Å². The van der Waals surface area contributed by atoms with Crippen LogP contribution in [0.15, 0.2) is 60.7 Å². The lowest BCUT2D eigenvalue weighted by Crippen LogP contribution is -2.68. The molecule has 0 heterocycles. The van der Waals surface area contributed by atoms with Crippen LogP contribution >= 0.6 is 0 Å². The molecule has 0 amide bonds. The van der Waals surface area contributed by atoms with Crippen molar-refractivity contribution in [3.63, 3.8) is 0 Å². The van der Waals surface area contributed by atoms with Crippen LogP contribution in [0.5, 0.6) is 0 Å². The van der Waals surface area contributed by atoms with Crippen LogP contribution in [0.25, 0.3) is 0 Å². The Morgan fingerprint density at radius 2 is 1.25 bits per heavy atom. The smallest absolute Gasteiger partial charge is 0.338 e. The molecule has 0 spiro atoms. The lowest BCUT2D eigenvalue weighted by Gasteiger charge is -2.63. The van der Waals surface area contributed by atoms with Gasteiger partial charge in [-0.25, -0.2) is 9.59 Å². The third kappa shape index (κ3) is 3.09. The number of carbonyl (C=O) groups excluding carboxylic acids is 3. The number of benzene rings is 2. The fourth-order valence-electron chi connectivity index (χ4n) is 6.53. The highest BCUT2D eigenvalue weighted by molar-refractivity contribution is 5.91. The number of rotatable bonds is 4. The zero-order chi connectivity index (χ0) is 22.5. The monoisotopic (exact) mass is 432 g/mol. The van der Waals surface area contributed by atoms with Crippen molar-refractivity contribution in [3.05, 3.63) is 71.8 Å². The molecule has 4 aliphatic carbocycles. The van der Waals surface area contributed by atoms with Gasteiger partial charge in [0.15, 0.2) is 0 Å². The van der Waals surface area contributed by atoms with Gasteiger partial charge in [-0.2, -0.15) is 0 Å². The molecule has 2 aromatic rings. The Morgan fingerprint density at radius 3 is 1.78 bits per heavy atom. The number of hydrogen-bond acceptors (Lipinski definition) is 5. The van der Waals surface area contributed by atoms with Crippen molar-refractivity contribution in [1.29, 1.82) is 0 Å². The van der Waals surface area contributed by atoms with Gasteiger partial charge in [0.1, 0.15) is 18.0 Å². The fourth-order valence-corrected chi connectivity index (χ4v) is 6.53. The summed E-state index contributed by atoms with van der Waals surface area (Å²) < 4.78 is 12.3. The SMILES string of the molecule is CC12CCC(C)(C(OC(=O)c3ccccc3)C1OC(=O)c1ccccc1)C1C(=O)CCC12. The predicted octanol–water partition coefficient (Wildman–Crippen LogP) is 4.85. The van der Waals surface area contributed by atoms with Gasteiger partial charge in [-0.15, -0.1) is 0 Å². The average molecular weight is 433 g/mol. The van der Waals surface area contributed by atoms with Crippen LogP contribution in [-0.4, -0.2) is 29.9 Å². The Balaban J connectivity index is 1.53. The van der Waals surface area contributed by atoms with E-state index in [2.05, 4.69) is 6.92 Å². The molecule has 2 aromatic carbocycles. The Morgan fingerprint density at radius 1 is 0.781 bits per heavy atom. The number of Topliss-reactive ketones (excluding diaryl/α,β-unsaturated/α-hetero) is 1. The molecule has 0 aromatic heterocycles. The van der Waals surface area contributed by atoms with Crippen molar-refractivity contribution in [1.82, 2.24) is 0 Å². The summed E-state index contributed by atoms with van der Waals surface area (Å²) in [4.78, 5) is 39.1. The Bertz CT molecular complexity index is 1050. The average Bonchev–Trinajstić information content (AvgIpc) is 3.23. The maximum Gasteiger partial charge on any atom is 0.338 e. The van der Waals surface area contributed by atoms with Crippen LogP contribution in [0.1, 0.15) is 60.2 Å². The molecule has 0 saturated heterocycles. The number of carbonyl (C=O) groups is 3. The predicted molar refractivity (Wildman–Crippen MR) is 118 cm³/mol. The summed E-state index contributed by atoms with van der Waals surface area (Å²) in [6, 6.07) is 17.7. The molecule has 5 heteroatoms. The first-order chi connectivity index (χ1) is 15.3. The van der Waals surface area contributed by atoms with E-state index < -0.39 is 35.0 Å². The quantitative estimate of drug-likeness (QED) is 0.646. The molecule has 32 heavy (non-hydrogen) atoms. The maximum atomic E-state index is 13.1. The first-order valence-corrected chi connectivity index (χ1v) is 11.4. The third-order valence-electron chi connectivity index (χ3n) is 8.27. The molecule has 6 unspecified atom stereocenters. The third-order valence-corrected chi connectivity index (χ3v) is 8.27. The highest BCUT2D eigenvalue weighted by Gasteiger charge is 2.71. The Labute approximate surface area is 188 Å². The topological polar surface area (TPSA) is 69.7 Å². The van der Waals surface area contributed by atoms with E-state index in [0.717, 1.165) is 19.3 Å². The summed E-state index contributed by atoms with van der Waals surface area (Å²) in [6.07, 6.45) is 1.67. The minimum atomic E-state index is -0.676. The van der Waals surface area contributed by atoms with Crippen molar-refractivity contribution < 1.29 is 23.9 Å². The summed E-state index contributed by atoms with van der Waals surface area (Å²) >= 11 is 0. The van der Waals surface area contributed by atoms with Gasteiger partial charge in [0, 0.05) is 23.2 Å². The second-order valence-corrected chi connectivity index (χ2v) is 9.98. The van der Waals surface area contributed by atoms with Gasteiger partial charge in [0.25, 0.3) is 0 Å². The van der Waals surface area contributed by atoms with E-state index in [0.29, 0.717) is 17.5 Å². The van der Waals surface area contributed by atoms with Crippen LogP contribution in [-0.2, 0) is 14.3 Å². The molecule has 4 saturated carbocycles. The Hall–Kier alpha value is -2.95. The number of fused-ring (bicyclic) bond motifs is 2. The summed E-state index contributed by atoms with van der Waals surface area (Å²) in [7, 11) is 0. The standard InChI is InChI=1S/C27H28O5/c1-26-15-16-27(2,21-19(26)13-14-20(21)28)23(32-25(30)18-11-7-4-8-12-18)22(26)31-24(29)17-9-5-3-6-10-17/h3-12,19,21-23H,13-16H2,1-2H3. The molecule has 0 radical (unpaired) electrons. The van der Waals surface area contributed by atoms with E-state index in [4.69, 9.17) is 9.47 Å². The first-order valence-electron chi connectivity index (χ1n) is 11.4. The van der Waals surface area contributed by atoms with Gasteiger partial charge in [0.05, 0.1) is 11.1 Å². The molecule has 166 valence electrons. The summed E-state index contributed by atoms with van der Waals surface area (Å²) in [5, 5.41) is 0. The molecule has 4 fully saturated rings. The minimum Gasteiger partial charge on any atom is -0.454 e. The van der Waals surface area contributed by atoms with Gasteiger partial charge in [-0.3, -0.25) is 4.79 Å². The van der Waals surface area contributed by atoms with E-state index in [1.54, 1.807) is 48.5 Å². The van der Waals surface area contributed by atoms with Crippen LogP contribution in [0, 0.1) is 22.7 Å². The molecule has 0 N–H and O–H groups in total. The Kier molecular flexibility index (Phi) is 4.95. The van der Waals surface area contributed by atoms with Gasteiger partial charge in [0.2, 0.25) is 0 Å². The summed E-state index contributed by atoms with van der Waals surface area (Å²) in [5.74, 6) is -0.655. The van der Waals surface area contributed by atoms with Crippen LogP contribution < -0.4 is 0 Å². The zero-order valence-corrected chi connectivity index (χ0v) is 18.5. The second kappa shape index (κ2) is 7.58. The fraction of sp³-hybridized carbons (Fsp3) is 0.444. The number of ether oxygens (including phenoxy) is 2. The first kappa shape index (κ1) is 20.9. The van der Waals surface area contributed by atoms with Crippen molar-refractivity contribution >= 4 is 17.7 Å². The molecule has 6 rings (SSSR count). The van der Waals surface area contributed by atoms with Gasteiger partial charge >= 0.3 is 11.9 Å². The number of ketones is 1. The molecule has 4 aliphatic rings. The zero-order valence-electron chi connectivity index (χ0n) is 18.5. The van der Waals surface area contributed by atoms with Crippen molar-refractivity contribution in [2.24, 2.45) is 22.7 Å². The lowest BCUT2D eigenvalue weighted by atomic mass is 9.44. The van der Waals surface area contributed by atoms with Crippen LogP contribution in [0.3, 0.4) is 0 Å². The van der Waals surface area contributed by atoms with Crippen molar-refractivity contribution in [2.45, 2.75) is 51.7 Å². The molecule has 0 aliphatic heterocycles. The summed E-state index contributed by atoms with van der Waals surface area (Å²) in [5.41, 5.74) is -0.0528. The van der Waals surface area contributed by atoms with Crippen molar-refractivity contribution in [3.8, 4) is 0 Å². The normalized spacial score (nSPS) is 35.2. The molecule has 6 atom stereocenters. The lowest BCUT2D eigenvalue weighted by molar-refractivity contribution is -0.235. The molecular formula is C27H28O5. The van der Waals surface area contributed by atoms with E-state index in [9.17, 15) is 14.4 Å².